The SMILES string of the molecule is COc1ccc(SCc2ccc(C#CCN)cc2)cc1. The van der Waals surface area contributed by atoms with Crippen LogP contribution in [0.3, 0.4) is 0 Å². The molecule has 0 saturated heterocycles. The average molecular weight is 283 g/mol. The highest BCUT2D eigenvalue weighted by atomic mass is 32.2. The topological polar surface area (TPSA) is 35.2 Å². The lowest BCUT2D eigenvalue weighted by atomic mass is 10.1. The first-order chi connectivity index (χ1) is 9.81. The summed E-state index contributed by atoms with van der Waals surface area (Å²) in [6, 6.07) is 16.4. The highest BCUT2D eigenvalue weighted by Crippen LogP contribution is 2.24. The number of ether oxygens (including phenoxy) is 1. The predicted octanol–water partition coefficient (Wildman–Crippen LogP) is 3.30. The zero-order valence-electron chi connectivity index (χ0n) is 11.4. The Hall–Kier alpha value is -1.89. The molecule has 3 heteroatoms. The molecule has 0 bridgehead atoms. The zero-order chi connectivity index (χ0) is 14.2. The minimum Gasteiger partial charge on any atom is -0.497 e. The molecule has 0 aromatic heterocycles. The highest BCUT2D eigenvalue weighted by Gasteiger charge is 1.97. The molecule has 102 valence electrons. The summed E-state index contributed by atoms with van der Waals surface area (Å²) in [5, 5.41) is 0. The van der Waals surface area contributed by atoms with Crippen LogP contribution in [0.1, 0.15) is 11.1 Å². The Bertz CT molecular complexity index is 594. The van der Waals surface area contributed by atoms with Crippen molar-refractivity contribution in [2.75, 3.05) is 13.7 Å². The monoisotopic (exact) mass is 283 g/mol. The van der Waals surface area contributed by atoms with Crippen LogP contribution in [0.2, 0.25) is 0 Å². The molecule has 0 heterocycles. The fourth-order valence-electron chi connectivity index (χ4n) is 1.68. The number of methoxy groups -OCH3 is 1. The molecule has 0 atom stereocenters. The van der Waals surface area contributed by atoms with E-state index in [1.54, 1.807) is 18.9 Å². The summed E-state index contributed by atoms with van der Waals surface area (Å²) in [6.07, 6.45) is 0. The van der Waals surface area contributed by atoms with Crippen molar-refractivity contribution in [2.45, 2.75) is 10.6 Å². The summed E-state index contributed by atoms with van der Waals surface area (Å²) in [4.78, 5) is 1.23. The van der Waals surface area contributed by atoms with E-state index in [-0.39, 0.29) is 0 Å². The molecule has 0 aliphatic heterocycles. The first kappa shape index (κ1) is 14.5. The van der Waals surface area contributed by atoms with E-state index < -0.39 is 0 Å². The fraction of sp³-hybridized carbons (Fsp3) is 0.176. The zero-order valence-corrected chi connectivity index (χ0v) is 12.2. The van der Waals surface area contributed by atoms with Crippen LogP contribution in [0.4, 0.5) is 0 Å². The molecule has 0 fully saturated rings. The molecule has 0 saturated carbocycles. The Morgan fingerprint density at radius 1 is 1.05 bits per heavy atom. The van der Waals surface area contributed by atoms with Gasteiger partial charge in [0.15, 0.2) is 0 Å². The summed E-state index contributed by atoms with van der Waals surface area (Å²) in [7, 11) is 1.68. The molecule has 0 amide bonds. The second-order valence-electron chi connectivity index (χ2n) is 4.17. The predicted molar refractivity (Wildman–Crippen MR) is 84.9 cm³/mol. The van der Waals surface area contributed by atoms with Crippen molar-refractivity contribution in [3.05, 3.63) is 59.7 Å². The van der Waals surface area contributed by atoms with Crippen molar-refractivity contribution in [3.8, 4) is 17.6 Å². The Labute approximate surface area is 124 Å². The first-order valence-corrected chi connectivity index (χ1v) is 7.35. The van der Waals surface area contributed by atoms with Gasteiger partial charge in [0.25, 0.3) is 0 Å². The number of rotatable bonds is 4. The third kappa shape index (κ3) is 4.34. The Kier molecular flexibility index (Phi) is 5.55. The molecular formula is C17H17NOS. The van der Waals surface area contributed by atoms with Gasteiger partial charge in [-0.3, -0.25) is 0 Å². The van der Waals surface area contributed by atoms with Crippen LogP contribution in [0.5, 0.6) is 5.75 Å². The van der Waals surface area contributed by atoms with E-state index in [1.165, 1.54) is 10.5 Å². The van der Waals surface area contributed by atoms with Gasteiger partial charge in [0.1, 0.15) is 5.75 Å². The number of hydrogen-bond acceptors (Lipinski definition) is 3. The van der Waals surface area contributed by atoms with E-state index in [0.29, 0.717) is 6.54 Å². The van der Waals surface area contributed by atoms with Crippen molar-refractivity contribution in [3.63, 3.8) is 0 Å². The van der Waals surface area contributed by atoms with E-state index in [2.05, 4.69) is 36.1 Å². The summed E-state index contributed by atoms with van der Waals surface area (Å²) in [5.41, 5.74) is 7.64. The smallest absolute Gasteiger partial charge is 0.118 e. The number of nitrogens with two attached hydrogens (primary N) is 1. The van der Waals surface area contributed by atoms with Gasteiger partial charge >= 0.3 is 0 Å². The van der Waals surface area contributed by atoms with Gasteiger partial charge in [-0.15, -0.1) is 11.8 Å². The van der Waals surface area contributed by atoms with E-state index in [1.807, 2.05) is 24.3 Å². The Morgan fingerprint density at radius 3 is 2.35 bits per heavy atom. The quantitative estimate of drug-likeness (QED) is 0.691. The molecule has 0 unspecified atom stereocenters. The Morgan fingerprint density at radius 2 is 1.75 bits per heavy atom. The van der Waals surface area contributed by atoms with Crippen molar-refractivity contribution in [1.82, 2.24) is 0 Å². The van der Waals surface area contributed by atoms with E-state index in [9.17, 15) is 0 Å². The standard InChI is InChI=1S/C17H17NOS/c1-19-16-8-10-17(11-9-16)20-13-15-6-4-14(5-7-15)3-2-12-18/h4-11H,12-13,18H2,1H3. The molecule has 0 aliphatic rings. The van der Waals surface area contributed by atoms with Crippen LogP contribution in [0, 0.1) is 11.8 Å². The molecule has 0 radical (unpaired) electrons. The lowest BCUT2D eigenvalue weighted by Gasteiger charge is -2.04. The van der Waals surface area contributed by atoms with Gasteiger partial charge < -0.3 is 10.5 Å². The maximum absolute atomic E-state index is 5.35. The number of benzene rings is 2. The molecule has 20 heavy (non-hydrogen) atoms. The van der Waals surface area contributed by atoms with E-state index in [4.69, 9.17) is 10.5 Å². The maximum atomic E-state index is 5.35. The summed E-state index contributed by atoms with van der Waals surface area (Å²) >= 11 is 1.80. The second-order valence-corrected chi connectivity index (χ2v) is 5.22. The van der Waals surface area contributed by atoms with Gasteiger partial charge in [-0.05, 0) is 42.0 Å². The third-order valence-corrected chi connectivity index (χ3v) is 3.84. The van der Waals surface area contributed by atoms with Crippen molar-refractivity contribution in [2.24, 2.45) is 5.73 Å². The molecule has 0 aliphatic carbocycles. The third-order valence-electron chi connectivity index (χ3n) is 2.75. The first-order valence-electron chi connectivity index (χ1n) is 6.36. The molecule has 2 aromatic carbocycles. The minimum atomic E-state index is 0.398. The second kappa shape index (κ2) is 7.64. The van der Waals surface area contributed by atoms with Crippen molar-refractivity contribution >= 4 is 11.8 Å². The van der Waals surface area contributed by atoms with Crippen molar-refractivity contribution in [1.29, 1.82) is 0 Å². The molecule has 2 aromatic rings. The maximum Gasteiger partial charge on any atom is 0.118 e. The summed E-state index contributed by atoms with van der Waals surface area (Å²) in [5.74, 6) is 7.70. The van der Waals surface area contributed by atoms with Gasteiger partial charge in [0.05, 0.1) is 13.7 Å². The minimum absolute atomic E-state index is 0.398. The molecular weight excluding hydrogens is 266 g/mol. The molecule has 2 rings (SSSR count). The average Bonchev–Trinajstić information content (AvgIpc) is 2.52. The number of hydrogen-bond donors (Lipinski definition) is 1. The van der Waals surface area contributed by atoms with Gasteiger partial charge in [-0.25, -0.2) is 0 Å². The van der Waals surface area contributed by atoms with Gasteiger partial charge in [-0.1, -0.05) is 24.0 Å². The van der Waals surface area contributed by atoms with Crippen LogP contribution in [0.25, 0.3) is 0 Å². The largest absolute Gasteiger partial charge is 0.497 e. The van der Waals surface area contributed by atoms with E-state index in [0.717, 1.165) is 17.1 Å². The van der Waals surface area contributed by atoms with Crippen molar-refractivity contribution < 1.29 is 4.74 Å². The molecule has 2 N–H and O–H groups in total. The lowest BCUT2D eigenvalue weighted by molar-refractivity contribution is 0.414. The van der Waals surface area contributed by atoms with Crippen LogP contribution in [-0.4, -0.2) is 13.7 Å². The van der Waals surface area contributed by atoms with Crippen LogP contribution in [-0.2, 0) is 5.75 Å². The van der Waals surface area contributed by atoms with E-state index >= 15 is 0 Å². The molecule has 0 spiro atoms. The highest BCUT2D eigenvalue weighted by molar-refractivity contribution is 7.98. The van der Waals surface area contributed by atoms with Crippen LogP contribution >= 0.6 is 11.8 Å². The summed E-state index contributed by atoms with van der Waals surface area (Å²) < 4.78 is 5.15. The normalized spacial score (nSPS) is 9.70. The van der Waals surface area contributed by atoms with Crippen LogP contribution < -0.4 is 10.5 Å². The van der Waals surface area contributed by atoms with Crippen LogP contribution in [0.15, 0.2) is 53.4 Å². The van der Waals surface area contributed by atoms with Gasteiger partial charge in [0, 0.05) is 16.2 Å². The fourth-order valence-corrected chi connectivity index (χ4v) is 2.53. The molecule has 2 nitrogen and oxygen atoms in total. The Balaban J connectivity index is 1.93. The lowest BCUT2D eigenvalue weighted by Crippen LogP contribution is -1.93. The summed E-state index contributed by atoms with van der Waals surface area (Å²) in [6.45, 7) is 0.398. The van der Waals surface area contributed by atoms with Gasteiger partial charge in [-0.2, -0.15) is 0 Å². The number of thioether (sulfide) groups is 1. The van der Waals surface area contributed by atoms with Gasteiger partial charge in [0.2, 0.25) is 0 Å².